The van der Waals surface area contributed by atoms with E-state index in [4.69, 9.17) is 4.74 Å². The third-order valence-corrected chi connectivity index (χ3v) is 2.95. The first-order chi connectivity index (χ1) is 7.70. The molecule has 0 aromatic carbocycles. The molecule has 0 amide bonds. The van der Waals surface area contributed by atoms with Crippen LogP contribution in [-0.4, -0.2) is 30.0 Å². The number of hydrogen-bond acceptors (Lipinski definition) is 3. The zero-order chi connectivity index (χ0) is 12.0. The van der Waals surface area contributed by atoms with Gasteiger partial charge in [0.2, 0.25) is 0 Å². The Morgan fingerprint density at radius 2 is 2.31 bits per heavy atom. The molecule has 1 N–H and O–H groups in total. The van der Waals surface area contributed by atoms with Crippen LogP contribution in [0.4, 0.5) is 0 Å². The lowest BCUT2D eigenvalue weighted by Gasteiger charge is -2.24. The standard InChI is InChI=1S/C12H23N3O/c1-5-13-12(10(2)7-9-16-4)11-6-8-14-15(11)3/h6,8,10,12-13H,5,7,9H2,1-4H3. The number of aryl methyl sites for hydroxylation is 1. The molecule has 1 heterocycles. The Bertz CT molecular complexity index is 298. The molecule has 4 nitrogen and oxygen atoms in total. The van der Waals surface area contributed by atoms with Gasteiger partial charge in [-0.1, -0.05) is 13.8 Å². The first-order valence-corrected chi connectivity index (χ1v) is 5.90. The lowest BCUT2D eigenvalue weighted by molar-refractivity contribution is 0.169. The van der Waals surface area contributed by atoms with Gasteiger partial charge < -0.3 is 10.1 Å². The minimum Gasteiger partial charge on any atom is -0.385 e. The number of nitrogens with zero attached hydrogens (tertiary/aromatic N) is 2. The van der Waals surface area contributed by atoms with Gasteiger partial charge in [-0.15, -0.1) is 0 Å². The summed E-state index contributed by atoms with van der Waals surface area (Å²) in [5.41, 5.74) is 1.24. The highest BCUT2D eigenvalue weighted by molar-refractivity contribution is 5.07. The van der Waals surface area contributed by atoms with Crippen molar-refractivity contribution < 1.29 is 4.74 Å². The number of aromatic nitrogens is 2. The lowest BCUT2D eigenvalue weighted by Crippen LogP contribution is -2.29. The van der Waals surface area contributed by atoms with Gasteiger partial charge in [-0.3, -0.25) is 4.68 Å². The van der Waals surface area contributed by atoms with E-state index in [0.717, 1.165) is 19.6 Å². The normalized spacial score (nSPS) is 15.0. The molecule has 1 aromatic rings. The van der Waals surface area contributed by atoms with Crippen LogP contribution in [0.3, 0.4) is 0 Å². The molecule has 0 saturated carbocycles. The molecule has 0 saturated heterocycles. The fourth-order valence-electron chi connectivity index (χ4n) is 1.98. The molecule has 1 rings (SSSR count). The van der Waals surface area contributed by atoms with Crippen LogP contribution in [0.5, 0.6) is 0 Å². The van der Waals surface area contributed by atoms with Crippen LogP contribution >= 0.6 is 0 Å². The van der Waals surface area contributed by atoms with Gasteiger partial charge in [-0.05, 0) is 24.9 Å². The second-order valence-corrected chi connectivity index (χ2v) is 4.17. The molecule has 0 fully saturated rings. The Hall–Kier alpha value is -0.870. The fraction of sp³-hybridized carbons (Fsp3) is 0.750. The number of hydrogen-bond donors (Lipinski definition) is 1. The average Bonchev–Trinajstić information content (AvgIpc) is 2.69. The molecule has 0 aliphatic rings. The van der Waals surface area contributed by atoms with Crippen molar-refractivity contribution in [2.24, 2.45) is 13.0 Å². The largest absolute Gasteiger partial charge is 0.385 e. The van der Waals surface area contributed by atoms with E-state index in [1.807, 2.05) is 17.9 Å². The van der Waals surface area contributed by atoms with Gasteiger partial charge >= 0.3 is 0 Å². The smallest absolute Gasteiger partial charge is 0.0553 e. The SMILES string of the molecule is CCNC(c1ccnn1C)C(C)CCOC. The molecule has 0 aliphatic carbocycles. The molecular weight excluding hydrogens is 202 g/mol. The highest BCUT2D eigenvalue weighted by Gasteiger charge is 2.20. The second kappa shape index (κ2) is 6.66. The molecule has 4 heteroatoms. The van der Waals surface area contributed by atoms with Crippen molar-refractivity contribution in [3.05, 3.63) is 18.0 Å². The van der Waals surface area contributed by atoms with Crippen molar-refractivity contribution in [1.82, 2.24) is 15.1 Å². The van der Waals surface area contributed by atoms with Gasteiger partial charge in [0.05, 0.1) is 11.7 Å². The van der Waals surface area contributed by atoms with Gasteiger partial charge in [-0.2, -0.15) is 5.10 Å². The molecule has 1 aromatic heterocycles. The summed E-state index contributed by atoms with van der Waals surface area (Å²) in [7, 11) is 3.74. The Balaban J connectivity index is 2.70. The maximum Gasteiger partial charge on any atom is 0.0553 e. The van der Waals surface area contributed by atoms with E-state index in [1.165, 1.54) is 5.69 Å². The summed E-state index contributed by atoms with van der Waals surface area (Å²) in [5.74, 6) is 0.537. The quantitative estimate of drug-likeness (QED) is 0.768. The molecule has 0 aliphatic heterocycles. The van der Waals surface area contributed by atoms with Gasteiger partial charge in [0, 0.05) is 27.0 Å². The van der Waals surface area contributed by atoms with Crippen LogP contribution in [0.15, 0.2) is 12.3 Å². The van der Waals surface area contributed by atoms with E-state index >= 15 is 0 Å². The Morgan fingerprint density at radius 3 is 2.81 bits per heavy atom. The Labute approximate surface area is 98.0 Å². The second-order valence-electron chi connectivity index (χ2n) is 4.17. The molecule has 16 heavy (non-hydrogen) atoms. The average molecular weight is 225 g/mol. The minimum absolute atomic E-state index is 0.354. The number of nitrogens with one attached hydrogen (secondary N) is 1. The molecule has 2 atom stereocenters. The summed E-state index contributed by atoms with van der Waals surface area (Å²) < 4.78 is 7.08. The molecular formula is C12H23N3O. The summed E-state index contributed by atoms with van der Waals surface area (Å²) >= 11 is 0. The topological polar surface area (TPSA) is 39.1 Å². The van der Waals surface area contributed by atoms with Crippen LogP contribution < -0.4 is 5.32 Å². The van der Waals surface area contributed by atoms with Crippen molar-refractivity contribution in [3.8, 4) is 0 Å². The summed E-state index contributed by atoms with van der Waals surface area (Å²) in [6, 6.07) is 2.43. The summed E-state index contributed by atoms with van der Waals surface area (Å²) in [5, 5.41) is 7.75. The number of rotatable bonds is 7. The van der Waals surface area contributed by atoms with Crippen molar-refractivity contribution in [2.75, 3.05) is 20.3 Å². The van der Waals surface area contributed by atoms with E-state index < -0.39 is 0 Å². The lowest BCUT2D eigenvalue weighted by atomic mass is 9.95. The van der Waals surface area contributed by atoms with Crippen molar-refractivity contribution in [1.29, 1.82) is 0 Å². The van der Waals surface area contributed by atoms with Crippen LogP contribution in [0.25, 0.3) is 0 Å². The number of methoxy groups -OCH3 is 1. The van der Waals surface area contributed by atoms with Gasteiger partial charge in [0.1, 0.15) is 0 Å². The van der Waals surface area contributed by atoms with Crippen LogP contribution in [0.1, 0.15) is 32.0 Å². The van der Waals surface area contributed by atoms with E-state index in [2.05, 4.69) is 30.3 Å². The van der Waals surface area contributed by atoms with E-state index in [-0.39, 0.29) is 0 Å². The highest BCUT2D eigenvalue weighted by Crippen LogP contribution is 2.23. The van der Waals surface area contributed by atoms with Crippen molar-refractivity contribution in [3.63, 3.8) is 0 Å². The monoisotopic (exact) mass is 225 g/mol. The molecule has 0 spiro atoms. The molecule has 2 unspecified atom stereocenters. The van der Waals surface area contributed by atoms with Crippen molar-refractivity contribution >= 4 is 0 Å². The Morgan fingerprint density at radius 1 is 1.56 bits per heavy atom. The summed E-state index contributed by atoms with van der Waals surface area (Å²) in [6.07, 6.45) is 2.90. The summed E-state index contributed by atoms with van der Waals surface area (Å²) in [4.78, 5) is 0. The predicted molar refractivity (Wildman–Crippen MR) is 65.3 cm³/mol. The molecule has 92 valence electrons. The molecule has 0 bridgehead atoms. The van der Waals surface area contributed by atoms with E-state index in [0.29, 0.717) is 12.0 Å². The van der Waals surface area contributed by atoms with Gasteiger partial charge in [0.15, 0.2) is 0 Å². The third kappa shape index (κ3) is 3.32. The summed E-state index contributed by atoms with van der Waals surface area (Å²) in [6.45, 7) is 6.15. The maximum absolute atomic E-state index is 5.14. The minimum atomic E-state index is 0.354. The first-order valence-electron chi connectivity index (χ1n) is 5.90. The Kier molecular flexibility index (Phi) is 5.49. The number of ether oxygens (including phenoxy) is 1. The van der Waals surface area contributed by atoms with E-state index in [9.17, 15) is 0 Å². The fourth-order valence-corrected chi connectivity index (χ4v) is 1.98. The highest BCUT2D eigenvalue weighted by atomic mass is 16.5. The predicted octanol–water partition coefficient (Wildman–Crippen LogP) is 1.74. The molecule has 0 radical (unpaired) electrons. The van der Waals surface area contributed by atoms with Crippen LogP contribution in [-0.2, 0) is 11.8 Å². The van der Waals surface area contributed by atoms with Gasteiger partial charge in [-0.25, -0.2) is 0 Å². The van der Waals surface area contributed by atoms with Crippen molar-refractivity contribution in [2.45, 2.75) is 26.3 Å². The first kappa shape index (κ1) is 13.2. The maximum atomic E-state index is 5.14. The zero-order valence-corrected chi connectivity index (χ0v) is 10.7. The van der Waals surface area contributed by atoms with Crippen LogP contribution in [0, 0.1) is 5.92 Å². The third-order valence-electron chi connectivity index (χ3n) is 2.95. The van der Waals surface area contributed by atoms with E-state index in [1.54, 1.807) is 7.11 Å². The zero-order valence-electron chi connectivity index (χ0n) is 10.7. The van der Waals surface area contributed by atoms with Gasteiger partial charge in [0.25, 0.3) is 0 Å². The van der Waals surface area contributed by atoms with Crippen LogP contribution in [0.2, 0.25) is 0 Å².